The predicted molar refractivity (Wildman–Crippen MR) is 142 cm³/mol. The fourth-order valence-corrected chi connectivity index (χ4v) is 5.24. The lowest BCUT2D eigenvalue weighted by Gasteiger charge is -2.22. The first-order valence-electron chi connectivity index (χ1n) is 11.9. The first-order chi connectivity index (χ1) is 18.4. The number of carbonyl (C=O) groups is 1. The van der Waals surface area contributed by atoms with Gasteiger partial charge in [0.25, 0.3) is 5.91 Å². The summed E-state index contributed by atoms with van der Waals surface area (Å²) in [6, 6.07) is 27.0. The monoisotopic (exact) mass is 526 g/mol. The largest absolute Gasteiger partial charge is 0.387 e. The molecule has 9 heteroatoms. The summed E-state index contributed by atoms with van der Waals surface area (Å²) in [6.07, 6.45) is 2.40. The lowest BCUT2D eigenvalue weighted by molar-refractivity contribution is 0.0916. The van der Waals surface area contributed by atoms with Crippen molar-refractivity contribution in [1.29, 1.82) is 5.26 Å². The molecule has 192 valence electrons. The molecule has 0 radical (unpaired) electrons. The highest BCUT2D eigenvalue weighted by molar-refractivity contribution is 7.89. The molecule has 0 aliphatic rings. The first-order valence-corrected chi connectivity index (χ1v) is 13.3. The van der Waals surface area contributed by atoms with Crippen LogP contribution in [0, 0.1) is 11.3 Å². The van der Waals surface area contributed by atoms with E-state index in [1.807, 2.05) is 24.3 Å². The molecular weight excluding hydrogens is 500 g/mol. The molecule has 0 aliphatic carbocycles. The van der Waals surface area contributed by atoms with Gasteiger partial charge in [-0.15, -0.1) is 0 Å². The molecule has 0 saturated heterocycles. The van der Waals surface area contributed by atoms with Gasteiger partial charge in [0.2, 0.25) is 10.0 Å². The van der Waals surface area contributed by atoms with E-state index in [0.717, 1.165) is 5.56 Å². The van der Waals surface area contributed by atoms with Crippen LogP contribution in [0.3, 0.4) is 0 Å². The van der Waals surface area contributed by atoms with Crippen molar-refractivity contribution >= 4 is 15.9 Å². The number of sulfonamides is 1. The lowest BCUT2D eigenvalue weighted by Crippen LogP contribution is -2.30. The second-order valence-corrected chi connectivity index (χ2v) is 10.5. The quantitative estimate of drug-likeness (QED) is 0.324. The summed E-state index contributed by atoms with van der Waals surface area (Å²) in [4.78, 5) is 16.8. The van der Waals surface area contributed by atoms with Crippen LogP contribution >= 0.6 is 0 Å². The Labute approximate surface area is 221 Å². The van der Waals surface area contributed by atoms with Gasteiger partial charge in [-0.3, -0.25) is 9.78 Å². The van der Waals surface area contributed by atoms with E-state index in [1.54, 1.807) is 60.9 Å². The van der Waals surface area contributed by atoms with Crippen LogP contribution in [-0.2, 0) is 23.1 Å². The van der Waals surface area contributed by atoms with Crippen molar-refractivity contribution in [3.05, 3.63) is 131 Å². The van der Waals surface area contributed by atoms with Gasteiger partial charge in [0.15, 0.2) is 0 Å². The number of hydrogen-bond acceptors (Lipinski definition) is 6. The number of aliphatic hydroxyl groups excluding tert-OH is 1. The van der Waals surface area contributed by atoms with Crippen molar-refractivity contribution in [2.75, 3.05) is 6.54 Å². The highest BCUT2D eigenvalue weighted by Crippen LogP contribution is 2.22. The van der Waals surface area contributed by atoms with Crippen LogP contribution in [0.5, 0.6) is 0 Å². The van der Waals surface area contributed by atoms with Crippen LogP contribution in [0.4, 0.5) is 0 Å². The maximum atomic E-state index is 13.5. The van der Waals surface area contributed by atoms with Gasteiger partial charge in [0, 0.05) is 37.6 Å². The third-order valence-corrected chi connectivity index (χ3v) is 7.72. The lowest BCUT2D eigenvalue weighted by atomic mass is 10.1. The van der Waals surface area contributed by atoms with E-state index in [-0.39, 0.29) is 30.4 Å². The molecule has 4 rings (SSSR count). The molecule has 38 heavy (non-hydrogen) atoms. The highest BCUT2D eigenvalue weighted by Gasteiger charge is 2.25. The van der Waals surface area contributed by atoms with E-state index in [4.69, 9.17) is 5.26 Å². The SMILES string of the molecule is N#Cc1ccc(S(=O)(=O)N(Cc2ccc(C(=O)NCC(O)c3ccccc3)cc2)Cc2cccnc2)cc1. The van der Waals surface area contributed by atoms with E-state index in [2.05, 4.69) is 10.3 Å². The van der Waals surface area contributed by atoms with Gasteiger partial charge in [-0.05, 0) is 59.2 Å². The van der Waals surface area contributed by atoms with E-state index >= 15 is 0 Å². The number of aliphatic hydroxyl groups is 1. The zero-order chi connectivity index (χ0) is 27.0. The molecule has 0 spiro atoms. The minimum absolute atomic E-state index is 0.0614. The Bertz CT molecular complexity index is 1500. The molecule has 1 unspecified atom stereocenters. The molecule has 1 atom stereocenters. The van der Waals surface area contributed by atoms with Crippen molar-refractivity contribution in [1.82, 2.24) is 14.6 Å². The van der Waals surface area contributed by atoms with Crippen LogP contribution in [0.2, 0.25) is 0 Å². The number of aromatic nitrogens is 1. The average Bonchev–Trinajstić information content (AvgIpc) is 2.96. The Morgan fingerprint density at radius 2 is 1.61 bits per heavy atom. The summed E-state index contributed by atoms with van der Waals surface area (Å²) in [5, 5.41) is 22.0. The van der Waals surface area contributed by atoms with Crippen LogP contribution in [-0.4, -0.2) is 35.3 Å². The fraction of sp³-hybridized carbons (Fsp3) is 0.138. The summed E-state index contributed by atoms with van der Waals surface area (Å²) >= 11 is 0. The van der Waals surface area contributed by atoms with Crippen LogP contribution in [0.25, 0.3) is 0 Å². The molecule has 0 fully saturated rings. The molecule has 1 amide bonds. The number of rotatable bonds is 10. The molecule has 1 aromatic heterocycles. The number of pyridine rings is 1. The molecule has 3 aromatic carbocycles. The van der Waals surface area contributed by atoms with Gasteiger partial charge in [0.05, 0.1) is 22.6 Å². The van der Waals surface area contributed by atoms with Gasteiger partial charge in [-0.25, -0.2) is 8.42 Å². The summed E-state index contributed by atoms with van der Waals surface area (Å²) in [5.41, 5.74) is 2.88. The normalized spacial score (nSPS) is 12.0. The van der Waals surface area contributed by atoms with Crippen LogP contribution in [0.15, 0.2) is 108 Å². The summed E-state index contributed by atoms with van der Waals surface area (Å²) in [6.45, 7) is 0.216. The van der Waals surface area contributed by atoms with Gasteiger partial charge in [-0.1, -0.05) is 48.5 Å². The predicted octanol–water partition coefficient (Wildman–Crippen LogP) is 3.81. The number of hydrogen-bond donors (Lipinski definition) is 2. The molecule has 0 aliphatic heterocycles. The molecule has 0 saturated carbocycles. The maximum absolute atomic E-state index is 13.5. The van der Waals surface area contributed by atoms with Crippen LogP contribution < -0.4 is 5.32 Å². The van der Waals surface area contributed by atoms with Crippen molar-refractivity contribution in [2.24, 2.45) is 0 Å². The second-order valence-electron chi connectivity index (χ2n) is 8.60. The smallest absolute Gasteiger partial charge is 0.251 e. The summed E-state index contributed by atoms with van der Waals surface area (Å²) in [7, 11) is -3.90. The van der Waals surface area contributed by atoms with E-state index < -0.39 is 16.1 Å². The zero-order valence-corrected chi connectivity index (χ0v) is 21.3. The van der Waals surface area contributed by atoms with Gasteiger partial charge < -0.3 is 10.4 Å². The minimum Gasteiger partial charge on any atom is -0.387 e. The molecule has 8 nitrogen and oxygen atoms in total. The Hall–Kier alpha value is -4.36. The number of amides is 1. The van der Waals surface area contributed by atoms with Crippen molar-refractivity contribution < 1.29 is 18.3 Å². The first kappa shape index (κ1) is 26.7. The van der Waals surface area contributed by atoms with Gasteiger partial charge >= 0.3 is 0 Å². The number of benzene rings is 3. The minimum atomic E-state index is -3.90. The maximum Gasteiger partial charge on any atom is 0.251 e. The molecule has 2 N–H and O–H groups in total. The summed E-state index contributed by atoms with van der Waals surface area (Å²) in [5.74, 6) is -0.344. The van der Waals surface area contributed by atoms with E-state index in [9.17, 15) is 18.3 Å². The van der Waals surface area contributed by atoms with Crippen molar-refractivity contribution in [3.8, 4) is 6.07 Å². The molecule has 4 aromatic rings. The molecule has 0 bridgehead atoms. The van der Waals surface area contributed by atoms with E-state index in [0.29, 0.717) is 22.3 Å². The number of nitriles is 1. The highest BCUT2D eigenvalue weighted by atomic mass is 32.2. The second kappa shape index (κ2) is 12.3. The zero-order valence-electron chi connectivity index (χ0n) is 20.4. The Kier molecular flexibility index (Phi) is 8.61. The van der Waals surface area contributed by atoms with Gasteiger partial charge in [-0.2, -0.15) is 9.57 Å². The van der Waals surface area contributed by atoms with Crippen molar-refractivity contribution in [2.45, 2.75) is 24.1 Å². The van der Waals surface area contributed by atoms with Crippen molar-refractivity contribution in [3.63, 3.8) is 0 Å². The number of carbonyl (C=O) groups excluding carboxylic acids is 1. The number of nitrogens with zero attached hydrogens (tertiary/aromatic N) is 3. The molecule has 1 heterocycles. The Balaban J connectivity index is 1.48. The average molecular weight is 527 g/mol. The number of nitrogens with one attached hydrogen (secondary N) is 1. The topological polar surface area (TPSA) is 123 Å². The van der Waals surface area contributed by atoms with Crippen LogP contribution in [0.1, 0.15) is 38.7 Å². The molecular formula is C29H26N4O4S. The van der Waals surface area contributed by atoms with E-state index in [1.165, 1.54) is 28.6 Å². The Morgan fingerprint density at radius 3 is 2.24 bits per heavy atom. The van der Waals surface area contributed by atoms with Gasteiger partial charge in [0.1, 0.15) is 0 Å². The third kappa shape index (κ3) is 6.69. The third-order valence-electron chi connectivity index (χ3n) is 5.92. The summed E-state index contributed by atoms with van der Waals surface area (Å²) < 4.78 is 28.4. The Morgan fingerprint density at radius 1 is 0.921 bits per heavy atom. The fourth-order valence-electron chi connectivity index (χ4n) is 3.82. The standard InChI is InChI=1S/C29H26N4O4S/c30-17-22-10-14-27(15-11-22)38(36,37)33(21-24-5-4-16-31-18-24)20-23-8-12-26(13-9-23)29(35)32-19-28(34)25-6-2-1-3-7-25/h1-16,18,28,34H,19-21H2,(H,32,35).